The first kappa shape index (κ1) is 17.8. The first-order valence-electron chi connectivity index (χ1n) is 7.99. The van der Waals surface area contributed by atoms with Crippen molar-refractivity contribution in [1.29, 1.82) is 0 Å². The fourth-order valence-corrected chi connectivity index (χ4v) is 3.12. The van der Waals surface area contributed by atoms with E-state index >= 15 is 0 Å². The molecule has 5 nitrogen and oxygen atoms in total. The number of aliphatic hydroxyl groups is 1. The maximum absolute atomic E-state index is 13.8. The molecule has 0 radical (unpaired) electrons. The van der Waals surface area contributed by atoms with Gasteiger partial charge in [-0.3, -0.25) is 0 Å². The van der Waals surface area contributed by atoms with Crippen molar-refractivity contribution in [2.24, 2.45) is 0 Å². The molecule has 1 unspecified atom stereocenters. The van der Waals surface area contributed by atoms with E-state index in [1.54, 1.807) is 19.2 Å². The second kappa shape index (κ2) is 7.49. The summed E-state index contributed by atoms with van der Waals surface area (Å²) in [6.07, 6.45) is 2.45. The van der Waals surface area contributed by atoms with Gasteiger partial charge in [-0.05, 0) is 53.0 Å². The number of methoxy groups -OCH3 is 1. The molecule has 2 aromatic heterocycles. The van der Waals surface area contributed by atoms with Crippen LogP contribution in [0.4, 0.5) is 4.39 Å². The van der Waals surface area contributed by atoms with Gasteiger partial charge >= 0.3 is 0 Å². The number of halogens is 2. The highest BCUT2D eigenvalue weighted by Gasteiger charge is 2.14. The third kappa shape index (κ3) is 3.99. The van der Waals surface area contributed by atoms with Crippen molar-refractivity contribution in [1.82, 2.24) is 14.5 Å². The second-order valence-electron chi connectivity index (χ2n) is 5.95. The topological polar surface area (TPSA) is 60.2 Å². The predicted molar refractivity (Wildman–Crippen MR) is 97.3 cm³/mol. The van der Waals surface area contributed by atoms with Crippen molar-refractivity contribution in [2.45, 2.75) is 32.4 Å². The van der Waals surface area contributed by atoms with Crippen LogP contribution in [-0.2, 0) is 19.4 Å². The van der Waals surface area contributed by atoms with Gasteiger partial charge in [0.2, 0.25) is 0 Å². The summed E-state index contributed by atoms with van der Waals surface area (Å²) in [5.41, 5.74) is 2.37. The molecule has 1 N–H and O–H groups in total. The van der Waals surface area contributed by atoms with E-state index in [9.17, 15) is 9.50 Å². The third-order valence-corrected chi connectivity index (χ3v) is 4.36. The molecule has 3 aromatic rings. The molecule has 25 heavy (non-hydrogen) atoms. The Morgan fingerprint density at radius 1 is 1.32 bits per heavy atom. The Balaban J connectivity index is 1.88. The molecule has 0 fully saturated rings. The van der Waals surface area contributed by atoms with E-state index in [0.717, 1.165) is 27.0 Å². The third-order valence-electron chi connectivity index (χ3n) is 3.93. The lowest BCUT2D eigenvalue weighted by molar-refractivity contribution is 0.173. The number of fused-ring (bicyclic) bond motifs is 1. The number of hydrogen-bond donors (Lipinski definition) is 1. The molecule has 1 aromatic carbocycles. The molecule has 0 saturated carbocycles. The number of aromatic nitrogens is 3. The standard InChI is InChI=1S/C18H19BrFN3O2/c1-11(24)10-23-17(22-15-8-13(19)9-21-18(15)23)6-4-12-3-5-16(25-2)14(20)7-12/h3,5,7-9,11,24H,4,6,10H2,1-2H3. The van der Waals surface area contributed by atoms with Gasteiger partial charge in [0.15, 0.2) is 17.2 Å². The average molecular weight is 408 g/mol. The van der Waals surface area contributed by atoms with Crippen LogP contribution in [0.2, 0.25) is 0 Å². The van der Waals surface area contributed by atoms with Crippen LogP contribution in [-0.4, -0.2) is 32.9 Å². The van der Waals surface area contributed by atoms with Gasteiger partial charge in [-0.2, -0.15) is 0 Å². The number of aliphatic hydroxyl groups excluding tert-OH is 1. The van der Waals surface area contributed by atoms with E-state index < -0.39 is 6.10 Å². The maximum atomic E-state index is 13.8. The molecule has 0 aliphatic carbocycles. The van der Waals surface area contributed by atoms with E-state index in [4.69, 9.17) is 4.74 Å². The van der Waals surface area contributed by atoms with Gasteiger partial charge in [0.05, 0.1) is 19.8 Å². The van der Waals surface area contributed by atoms with Crippen molar-refractivity contribution in [2.75, 3.05) is 7.11 Å². The minimum atomic E-state index is -0.514. The molecule has 0 aliphatic heterocycles. The van der Waals surface area contributed by atoms with E-state index in [0.29, 0.717) is 19.4 Å². The summed E-state index contributed by atoms with van der Waals surface area (Å²) in [6.45, 7) is 2.14. The van der Waals surface area contributed by atoms with E-state index in [-0.39, 0.29) is 11.6 Å². The first-order chi connectivity index (χ1) is 12.0. The number of ether oxygens (including phenoxy) is 1. The van der Waals surface area contributed by atoms with Crippen molar-refractivity contribution in [3.63, 3.8) is 0 Å². The van der Waals surface area contributed by atoms with Gasteiger partial charge in [-0.15, -0.1) is 0 Å². The summed E-state index contributed by atoms with van der Waals surface area (Å²) in [5.74, 6) is 0.681. The normalized spacial score (nSPS) is 12.5. The molecular formula is C18H19BrFN3O2. The molecule has 0 saturated heterocycles. The molecule has 0 bridgehead atoms. The Bertz CT molecular complexity index is 895. The Labute approximate surface area is 153 Å². The SMILES string of the molecule is COc1ccc(CCc2nc3cc(Br)cnc3n2CC(C)O)cc1F. The number of hydrogen-bond acceptors (Lipinski definition) is 4. The highest BCUT2D eigenvalue weighted by Crippen LogP contribution is 2.22. The molecule has 0 spiro atoms. The predicted octanol–water partition coefficient (Wildman–Crippen LogP) is 3.51. The molecule has 132 valence electrons. The van der Waals surface area contributed by atoms with Crippen molar-refractivity contribution in [3.05, 3.63) is 52.1 Å². The Hall–Kier alpha value is -1.99. The lowest BCUT2D eigenvalue weighted by Gasteiger charge is -2.11. The van der Waals surface area contributed by atoms with Crippen molar-refractivity contribution in [3.8, 4) is 5.75 Å². The largest absolute Gasteiger partial charge is 0.494 e. The van der Waals surface area contributed by atoms with Gasteiger partial charge in [0.25, 0.3) is 0 Å². The van der Waals surface area contributed by atoms with E-state index in [1.165, 1.54) is 13.2 Å². The van der Waals surface area contributed by atoms with Gasteiger partial charge in [0.1, 0.15) is 11.3 Å². The van der Waals surface area contributed by atoms with Crippen LogP contribution in [0.5, 0.6) is 5.75 Å². The monoisotopic (exact) mass is 407 g/mol. The summed E-state index contributed by atoms with van der Waals surface area (Å²) < 4.78 is 21.6. The lowest BCUT2D eigenvalue weighted by Crippen LogP contribution is -2.15. The number of rotatable bonds is 6. The summed E-state index contributed by atoms with van der Waals surface area (Å²) in [5, 5.41) is 9.79. The molecule has 2 heterocycles. The van der Waals surface area contributed by atoms with Crippen LogP contribution in [0.15, 0.2) is 34.9 Å². The molecule has 1 atom stereocenters. The quantitative estimate of drug-likeness (QED) is 0.678. The van der Waals surface area contributed by atoms with Crippen LogP contribution < -0.4 is 4.74 Å². The minimum Gasteiger partial charge on any atom is -0.494 e. The molecule has 0 amide bonds. The number of benzene rings is 1. The number of nitrogens with zero attached hydrogens (tertiary/aromatic N) is 3. The fraction of sp³-hybridized carbons (Fsp3) is 0.333. The highest BCUT2D eigenvalue weighted by molar-refractivity contribution is 9.10. The second-order valence-corrected chi connectivity index (χ2v) is 6.87. The smallest absolute Gasteiger partial charge is 0.165 e. The van der Waals surface area contributed by atoms with Crippen molar-refractivity contribution < 1.29 is 14.2 Å². The molecule has 0 aliphatic rings. The highest BCUT2D eigenvalue weighted by atomic mass is 79.9. The summed E-state index contributed by atoms with van der Waals surface area (Å²) >= 11 is 3.40. The molecule has 7 heteroatoms. The summed E-state index contributed by atoms with van der Waals surface area (Å²) in [6, 6.07) is 6.85. The number of aryl methyl sites for hydroxylation is 2. The lowest BCUT2D eigenvalue weighted by atomic mass is 10.1. The zero-order valence-corrected chi connectivity index (χ0v) is 15.6. The van der Waals surface area contributed by atoms with Crippen LogP contribution >= 0.6 is 15.9 Å². The van der Waals surface area contributed by atoms with Gasteiger partial charge in [-0.1, -0.05) is 6.07 Å². The molecular weight excluding hydrogens is 389 g/mol. The zero-order chi connectivity index (χ0) is 18.0. The number of pyridine rings is 1. The summed E-state index contributed by atoms with van der Waals surface area (Å²) in [4.78, 5) is 9.05. The van der Waals surface area contributed by atoms with Crippen LogP contribution in [0.1, 0.15) is 18.3 Å². The van der Waals surface area contributed by atoms with Crippen LogP contribution in [0.3, 0.4) is 0 Å². The first-order valence-corrected chi connectivity index (χ1v) is 8.78. The van der Waals surface area contributed by atoms with Gasteiger partial charge in [0, 0.05) is 17.1 Å². The number of imidazole rings is 1. The van der Waals surface area contributed by atoms with E-state index in [1.807, 2.05) is 16.7 Å². The Morgan fingerprint density at radius 2 is 2.12 bits per heavy atom. The minimum absolute atomic E-state index is 0.235. The average Bonchev–Trinajstić information content (AvgIpc) is 2.89. The Morgan fingerprint density at radius 3 is 2.80 bits per heavy atom. The van der Waals surface area contributed by atoms with Crippen LogP contribution in [0.25, 0.3) is 11.2 Å². The maximum Gasteiger partial charge on any atom is 0.165 e. The van der Waals surface area contributed by atoms with Crippen molar-refractivity contribution >= 4 is 27.1 Å². The zero-order valence-electron chi connectivity index (χ0n) is 14.0. The van der Waals surface area contributed by atoms with E-state index in [2.05, 4.69) is 25.9 Å². The fourth-order valence-electron chi connectivity index (χ4n) is 2.80. The summed E-state index contributed by atoms with van der Waals surface area (Å²) in [7, 11) is 1.45. The van der Waals surface area contributed by atoms with Gasteiger partial charge < -0.3 is 14.4 Å². The Kier molecular flexibility index (Phi) is 5.34. The molecule has 3 rings (SSSR count). The van der Waals surface area contributed by atoms with Gasteiger partial charge in [-0.25, -0.2) is 14.4 Å². The van der Waals surface area contributed by atoms with Crippen LogP contribution in [0, 0.1) is 5.82 Å².